The van der Waals surface area contributed by atoms with Crippen LogP contribution in [0.2, 0.25) is 0 Å². The summed E-state index contributed by atoms with van der Waals surface area (Å²) in [7, 11) is 2.08. The molecule has 3 aromatic heterocycles. The lowest BCUT2D eigenvalue weighted by molar-refractivity contribution is -0.662. The van der Waals surface area contributed by atoms with Gasteiger partial charge in [-0.1, -0.05) is 24.2 Å². The van der Waals surface area contributed by atoms with E-state index in [9.17, 15) is 0 Å². The van der Waals surface area contributed by atoms with E-state index in [0.29, 0.717) is 5.92 Å². The van der Waals surface area contributed by atoms with Gasteiger partial charge in [0.15, 0.2) is 11.4 Å². The second-order valence-electron chi connectivity index (χ2n) is 7.47. The minimum atomic E-state index is 0.609. The second kappa shape index (κ2) is 5.07. The smallest absolute Gasteiger partial charge is 0.288 e. The number of fused-ring (bicyclic) bond motifs is 3. The zero-order valence-corrected chi connectivity index (χ0v) is 15.7. The average Bonchev–Trinajstić information content (AvgIpc) is 3.37. The van der Waals surface area contributed by atoms with Crippen LogP contribution in [0.5, 0.6) is 11.5 Å². The summed E-state index contributed by atoms with van der Waals surface area (Å²) in [5.74, 6) is 2.55. The first-order valence-electron chi connectivity index (χ1n) is 9.22. The highest BCUT2D eigenvalue weighted by atomic mass is 32.1. The molecule has 4 aromatic rings. The molecule has 0 N–H and O–H groups in total. The van der Waals surface area contributed by atoms with Crippen LogP contribution in [0.1, 0.15) is 42.0 Å². The normalized spacial score (nSPS) is 16.4. The SMILES string of the molecule is Cc1c2c(cc3occc13)Oc1c(C3CCCC3)sc3nc[n+](C)c-2c13. The van der Waals surface area contributed by atoms with E-state index in [4.69, 9.17) is 14.1 Å². The standard InChI is InChI=1S/C21H19N2O2S/c1-11-13-7-8-24-14(13)9-15-16(11)18-17-19(25-15)20(12-5-3-4-6-12)26-21(17)22-10-23(18)2/h7-10,12H,3-6H2,1-2H3/q+1. The van der Waals surface area contributed by atoms with Gasteiger partial charge in [0.1, 0.15) is 16.7 Å². The second-order valence-corrected chi connectivity index (χ2v) is 8.50. The summed E-state index contributed by atoms with van der Waals surface area (Å²) in [4.78, 5) is 7.18. The average molecular weight is 363 g/mol. The number of benzene rings is 1. The van der Waals surface area contributed by atoms with Gasteiger partial charge in [-0.2, -0.15) is 0 Å². The summed E-state index contributed by atoms with van der Waals surface area (Å²) in [5, 5.41) is 2.33. The number of ether oxygens (including phenoxy) is 1. The third-order valence-corrected chi connectivity index (χ3v) is 7.21. The van der Waals surface area contributed by atoms with E-state index in [2.05, 4.69) is 18.5 Å². The van der Waals surface area contributed by atoms with Crippen molar-refractivity contribution in [3.05, 3.63) is 35.2 Å². The maximum Gasteiger partial charge on any atom is 0.288 e. The molecule has 5 heteroatoms. The Morgan fingerprint density at radius 2 is 2.12 bits per heavy atom. The van der Waals surface area contributed by atoms with Gasteiger partial charge in [-0.3, -0.25) is 0 Å². The van der Waals surface area contributed by atoms with Crippen LogP contribution in [0.15, 0.2) is 29.1 Å². The molecule has 1 aliphatic heterocycles. The number of aromatic nitrogens is 2. The molecule has 6 rings (SSSR count). The molecule has 0 bridgehead atoms. The van der Waals surface area contributed by atoms with Gasteiger partial charge in [0.2, 0.25) is 4.83 Å². The molecule has 0 radical (unpaired) electrons. The van der Waals surface area contributed by atoms with Crippen molar-refractivity contribution in [1.29, 1.82) is 0 Å². The number of furan rings is 1. The lowest BCUT2D eigenvalue weighted by Gasteiger charge is -2.21. The van der Waals surface area contributed by atoms with E-state index in [1.54, 1.807) is 6.26 Å². The van der Waals surface area contributed by atoms with Crippen LogP contribution in [-0.4, -0.2) is 4.98 Å². The Kier molecular flexibility index (Phi) is 2.87. The van der Waals surface area contributed by atoms with Crippen molar-refractivity contribution >= 4 is 32.5 Å². The van der Waals surface area contributed by atoms with E-state index in [1.165, 1.54) is 47.2 Å². The van der Waals surface area contributed by atoms with Gasteiger partial charge in [-0.05, 0) is 42.3 Å². The first kappa shape index (κ1) is 14.7. The third-order valence-electron chi connectivity index (χ3n) is 5.97. The molecule has 4 nitrogen and oxygen atoms in total. The van der Waals surface area contributed by atoms with Crippen molar-refractivity contribution in [3.8, 4) is 22.8 Å². The summed E-state index contributed by atoms with van der Waals surface area (Å²) in [6.45, 7) is 2.15. The first-order valence-corrected chi connectivity index (χ1v) is 10.0. The lowest BCUT2D eigenvalue weighted by atomic mass is 9.95. The molecule has 130 valence electrons. The van der Waals surface area contributed by atoms with E-state index in [-0.39, 0.29) is 0 Å². The number of hydrogen-bond acceptors (Lipinski definition) is 4. The molecular formula is C21H19N2O2S+. The molecule has 1 fully saturated rings. The Morgan fingerprint density at radius 1 is 1.27 bits per heavy atom. The molecule has 26 heavy (non-hydrogen) atoms. The molecule has 0 spiro atoms. The van der Waals surface area contributed by atoms with E-state index < -0.39 is 0 Å². The van der Waals surface area contributed by atoms with Gasteiger partial charge in [-0.25, -0.2) is 4.57 Å². The van der Waals surface area contributed by atoms with Crippen LogP contribution in [0.4, 0.5) is 0 Å². The van der Waals surface area contributed by atoms with Crippen LogP contribution in [0.25, 0.3) is 32.4 Å². The topological polar surface area (TPSA) is 39.1 Å². The summed E-state index contributed by atoms with van der Waals surface area (Å²) in [6, 6.07) is 4.08. The molecule has 1 aliphatic carbocycles. The summed E-state index contributed by atoms with van der Waals surface area (Å²) in [5.41, 5.74) is 4.47. The van der Waals surface area contributed by atoms with Gasteiger partial charge in [-0.15, -0.1) is 0 Å². The van der Waals surface area contributed by atoms with Crippen molar-refractivity contribution in [3.63, 3.8) is 0 Å². The van der Waals surface area contributed by atoms with Gasteiger partial charge >= 0.3 is 0 Å². The van der Waals surface area contributed by atoms with Crippen molar-refractivity contribution in [2.75, 3.05) is 0 Å². The molecule has 0 saturated heterocycles. The van der Waals surface area contributed by atoms with Crippen LogP contribution in [-0.2, 0) is 7.05 Å². The molecule has 0 unspecified atom stereocenters. The molecular weight excluding hydrogens is 344 g/mol. The predicted octanol–water partition coefficient (Wildman–Crippen LogP) is 5.61. The van der Waals surface area contributed by atoms with Crippen molar-refractivity contribution in [2.24, 2.45) is 7.05 Å². The van der Waals surface area contributed by atoms with Crippen LogP contribution in [0, 0.1) is 6.92 Å². The van der Waals surface area contributed by atoms with Gasteiger partial charge in [0.05, 0.1) is 23.8 Å². The minimum absolute atomic E-state index is 0.609. The van der Waals surface area contributed by atoms with Crippen LogP contribution < -0.4 is 9.30 Å². The van der Waals surface area contributed by atoms with Crippen molar-refractivity contribution in [1.82, 2.24) is 4.98 Å². The minimum Gasteiger partial charge on any atom is -0.464 e. The Bertz CT molecular complexity index is 1200. The first-order chi connectivity index (χ1) is 12.7. The van der Waals surface area contributed by atoms with Gasteiger partial charge < -0.3 is 9.15 Å². The van der Waals surface area contributed by atoms with Crippen LogP contribution >= 0.6 is 11.3 Å². The monoisotopic (exact) mass is 363 g/mol. The highest BCUT2D eigenvalue weighted by Crippen LogP contribution is 2.55. The maximum atomic E-state index is 6.54. The van der Waals surface area contributed by atoms with Crippen molar-refractivity contribution < 1.29 is 13.7 Å². The summed E-state index contributed by atoms with van der Waals surface area (Å²) in [6.07, 6.45) is 8.83. The predicted molar refractivity (Wildman–Crippen MR) is 102 cm³/mol. The molecule has 4 heterocycles. The third kappa shape index (κ3) is 1.79. The summed E-state index contributed by atoms with van der Waals surface area (Å²) >= 11 is 1.82. The van der Waals surface area contributed by atoms with Crippen molar-refractivity contribution in [2.45, 2.75) is 38.5 Å². The number of nitrogens with zero attached hydrogens (tertiary/aromatic N) is 2. The zero-order valence-electron chi connectivity index (χ0n) is 14.8. The largest absolute Gasteiger partial charge is 0.464 e. The quantitative estimate of drug-likeness (QED) is 0.364. The number of aryl methyl sites for hydroxylation is 2. The molecule has 1 saturated carbocycles. The van der Waals surface area contributed by atoms with Gasteiger partial charge in [0.25, 0.3) is 6.33 Å². The Balaban J connectivity index is 1.73. The highest BCUT2D eigenvalue weighted by Gasteiger charge is 2.36. The maximum absolute atomic E-state index is 6.54. The number of thiophene rings is 1. The fraction of sp³-hybridized carbons (Fsp3) is 0.333. The molecule has 1 aromatic carbocycles. The van der Waals surface area contributed by atoms with Gasteiger partial charge in [0, 0.05) is 11.5 Å². The van der Waals surface area contributed by atoms with E-state index in [0.717, 1.165) is 32.9 Å². The number of rotatable bonds is 1. The fourth-order valence-electron chi connectivity index (χ4n) is 4.69. The highest BCUT2D eigenvalue weighted by molar-refractivity contribution is 7.19. The lowest BCUT2D eigenvalue weighted by Crippen LogP contribution is -2.32. The van der Waals surface area contributed by atoms with Crippen LogP contribution in [0.3, 0.4) is 0 Å². The fourth-order valence-corrected chi connectivity index (χ4v) is 5.93. The van der Waals surface area contributed by atoms with E-state index >= 15 is 0 Å². The zero-order chi connectivity index (χ0) is 17.4. The van der Waals surface area contributed by atoms with E-state index in [1.807, 2.05) is 29.8 Å². The number of hydrogen-bond donors (Lipinski definition) is 0. The summed E-state index contributed by atoms with van der Waals surface area (Å²) < 4.78 is 14.4. The molecule has 2 aliphatic rings. The molecule has 0 atom stereocenters. The Hall–Kier alpha value is -2.40. The Labute approximate surface area is 155 Å². The Morgan fingerprint density at radius 3 is 2.96 bits per heavy atom. The molecule has 0 amide bonds.